The van der Waals surface area contributed by atoms with E-state index in [1.54, 1.807) is 0 Å². The Bertz CT molecular complexity index is 232. The van der Waals surface area contributed by atoms with E-state index in [1.165, 1.54) is 0 Å². The molecule has 3 nitrogen and oxygen atoms in total. The Morgan fingerprint density at radius 3 is 2.40 bits per heavy atom. The molecule has 0 spiro atoms. The summed E-state index contributed by atoms with van der Waals surface area (Å²) in [5, 5.41) is 7.83. The average molecular weight is 137 g/mol. The highest BCUT2D eigenvalue weighted by Crippen LogP contribution is 1.99. The quantitative estimate of drug-likeness (QED) is 0.580. The molecule has 1 aromatic rings. The molecule has 3 heteroatoms. The van der Waals surface area contributed by atoms with Crippen LogP contribution in [0.5, 0.6) is 0 Å². The van der Waals surface area contributed by atoms with Gasteiger partial charge in [0.25, 0.3) is 0 Å². The first-order chi connectivity index (χ1) is 4.74. The van der Waals surface area contributed by atoms with Gasteiger partial charge in [0, 0.05) is 0 Å². The normalized spacial score (nSPS) is 9.90. The van der Waals surface area contributed by atoms with Gasteiger partial charge in [-0.1, -0.05) is 6.92 Å². The van der Waals surface area contributed by atoms with Gasteiger partial charge in [-0.05, 0) is 20.3 Å². The smallest absolute Gasteiger partial charge is 0.148 e. The summed E-state index contributed by atoms with van der Waals surface area (Å²) in [5.74, 6) is 0.745. The molecule has 0 amide bonds. The fourth-order valence-electron chi connectivity index (χ4n) is 0.861. The number of hydrogen-bond donors (Lipinski definition) is 0. The lowest BCUT2D eigenvalue weighted by atomic mass is 10.3. The van der Waals surface area contributed by atoms with E-state index in [-0.39, 0.29) is 0 Å². The second-order valence-corrected chi connectivity index (χ2v) is 2.24. The molecule has 1 aromatic heterocycles. The Hall–Kier alpha value is -0.990. The van der Waals surface area contributed by atoms with E-state index in [0.29, 0.717) is 0 Å². The highest BCUT2D eigenvalue weighted by molar-refractivity contribution is 5.06. The van der Waals surface area contributed by atoms with Crippen molar-refractivity contribution in [3.05, 3.63) is 17.2 Å². The van der Waals surface area contributed by atoms with Gasteiger partial charge in [-0.15, -0.1) is 5.10 Å². The van der Waals surface area contributed by atoms with Gasteiger partial charge in [0.05, 0.1) is 11.4 Å². The van der Waals surface area contributed by atoms with Crippen LogP contribution < -0.4 is 0 Å². The second-order valence-electron chi connectivity index (χ2n) is 2.24. The molecule has 0 radical (unpaired) electrons. The Kier molecular flexibility index (Phi) is 1.94. The highest BCUT2D eigenvalue weighted by atomic mass is 15.2. The molecule has 0 atom stereocenters. The van der Waals surface area contributed by atoms with Crippen LogP contribution in [0.1, 0.15) is 24.1 Å². The minimum absolute atomic E-state index is 0.745. The molecular formula is C7H11N3. The molecular weight excluding hydrogens is 126 g/mol. The third kappa shape index (κ3) is 1.29. The number of rotatable bonds is 1. The monoisotopic (exact) mass is 137 g/mol. The van der Waals surface area contributed by atoms with Crippen LogP contribution in [-0.2, 0) is 6.42 Å². The topological polar surface area (TPSA) is 38.7 Å². The maximum atomic E-state index is 4.17. The van der Waals surface area contributed by atoms with E-state index in [9.17, 15) is 0 Å². The summed E-state index contributed by atoms with van der Waals surface area (Å²) in [6.45, 7) is 5.86. The van der Waals surface area contributed by atoms with E-state index >= 15 is 0 Å². The number of aryl methyl sites for hydroxylation is 3. The molecule has 10 heavy (non-hydrogen) atoms. The zero-order chi connectivity index (χ0) is 7.56. The summed E-state index contributed by atoms with van der Waals surface area (Å²) >= 11 is 0. The predicted octanol–water partition coefficient (Wildman–Crippen LogP) is 1.05. The molecule has 0 aliphatic heterocycles. The van der Waals surface area contributed by atoms with Crippen LogP contribution >= 0.6 is 0 Å². The third-order valence-corrected chi connectivity index (χ3v) is 1.40. The molecule has 54 valence electrons. The molecule has 0 fully saturated rings. The zero-order valence-electron chi connectivity index (χ0n) is 6.55. The van der Waals surface area contributed by atoms with Crippen molar-refractivity contribution < 1.29 is 0 Å². The first-order valence-corrected chi connectivity index (χ1v) is 3.41. The van der Waals surface area contributed by atoms with Crippen LogP contribution in [-0.4, -0.2) is 15.2 Å². The van der Waals surface area contributed by atoms with Gasteiger partial charge in [0.2, 0.25) is 0 Å². The Labute approximate surface area is 60.5 Å². The SMILES string of the molecule is CCc1nnc(C)nc1C. The molecule has 0 aromatic carbocycles. The lowest BCUT2D eigenvalue weighted by Gasteiger charge is -1.98. The van der Waals surface area contributed by atoms with Crippen LogP contribution in [0.3, 0.4) is 0 Å². The summed E-state index contributed by atoms with van der Waals surface area (Å²) in [6.07, 6.45) is 0.909. The molecule has 0 unspecified atom stereocenters. The maximum absolute atomic E-state index is 4.17. The standard InChI is InChI=1S/C7H11N3/c1-4-7-5(2)8-6(3)9-10-7/h4H2,1-3H3. The van der Waals surface area contributed by atoms with Crippen molar-refractivity contribution in [1.29, 1.82) is 0 Å². The first kappa shape index (κ1) is 7.12. The van der Waals surface area contributed by atoms with E-state index in [4.69, 9.17) is 0 Å². The van der Waals surface area contributed by atoms with E-state index in [1.807, 2.05) is 20.8 Å². The summed E-state index contributed by atoms with van der Waals surface area (Å²) in [5.41, 5.74) is 1.99. The van der Waals surface area contributed by atoms with Crippen molar-refractivity contribution in [2.24, 2.45) is 0 Å². The lowest BCUT2D eigenvalue weighted by molar-refractivity contribution is 0.815. The summed E-state index contributed by atoms with van der Waals surface area (Å²) < 4.78 is 0. The minimum Gasteiger partial charge on any atom is -0.235 e. The zero-order valence-corrected chi connectivity index (χ0v) is 6.55. The molecule has 0 N–H and O–H groups in total. The van der Waals surface area contributed by atoms with Crippen LogP contribution in [0, 0.1) is 13.8 Å². The maximum Gasteiger partial charge on any atom is 0.148 e. The van der Waals surface area contributed by atoms with Crippen LogP contribution in [0.25, 0.3) is 0 Å². The molecule has 1 heterocycles. The Morgan fingerprint density at radius 2 is 1.90 bits per heavy atom. The number of aromatic nitrogens is 3. The van der Waals surface area contributed by atoms with Gasteiger partial charge in [0.1, 0.15) is 5.82 Å². The van der Waals surface area contributed by atoms with Gasteiger partial charge in [0.15, 0.2) is 0 Å². The first-order valence-electron chi connectivity index (χ1n) is 3.41. The van der Waals surface area contributed by atoms with Gasteiger partial charge >= 0.3 is 0 Å². The van der Waals surface area contributed by atoms with E-state index < -0.39 is 0 Å². The molecule has 0 bridgehead atoms. The summed E-state index contributed by atoms with van der Waals surface area (Å²) in [6, 6.07) is 0. The Balaban J connectivity index is 3.07. The Morgan fingerprint density at radius 1 is 1.20 bits per heavy atom. The van der Waals surface area contributed by atoms with Crippen molar-refractivity contribution in [1.82, 2.24) is 15.2 Å². The van der Waals surface area contributed by atoms with Gasteiger partial charge < -0.3 is 0 Å². The molecule has 0 saturated heterocycles. The van der Waals surface area contributed by atoms with Crippen molar-refractivity contribution in [3.63, 3.8) is 0 Å². The van der Waals surface area contributed by atoms with Gasteiger partial charge in [-0.3, -0.25) is 0 Å². The van der Waals surface area contributed by atoms with Gasteiger partial charge in [-0.25, -0.2) is 4.98 Å². The average Bonchev–Trinajstić information content (AvgIpc) is 1.88. The van der Waals surface area contributed by atoms with Crippen molar-refractivity contribution in [3.8, 4) is 0 Å². The number of hydrogen-bond acceptors (Lipinski definition) is 3. The van der Waals surface area contributed by atoms with Crippen molar-refractivity contribution >= 4 is 0 Å². The fraction of sp³-hybridized carbons (Fsp3) is 0.571. The van der Waals surface area contributed by atoms with E-state index in [0.717, 1.165) is 23.6 Å². The van der Waals surface area contributed by atoms with Crippen LogP contribution in [0.15, 0.2) is 0 Å². The highest BCUT2D eigenvalue weighted by Gasteiger charge is 1.98. The molecule has 0 aliphatic carbocycles. The van der Waals surface area contributed by atoms with Crippen LogP contribution in [0.2, 0.25) is 0 Å². The van der Waals surface area contributed by atoms with Crippen LogP contribution in [0.4, 0.5) is 0 Å². The molecule has 0 saturated carbocycles. The summed E-state index contributed by atoms with van der Waals surface area (Å²) in [4.78, 5) is 4.17. The number of nitrogens with zero attached hydrogens (tertiary/aromatic N) is 3. The fourth-order valence-corrected chi connectivity index (χ4v) is 0.861. The molecule has 1 rings (SSSR count). The van der Waals surface area contributed by atoms with Crippen molar-refractivity contribution in [2.45, 2.75) is 27.2 Å². The largest absolute Gasteiger partial charge is 0.235 e. The van der Waals surface area contributed by atoms with Gasteiger partial charge in [-0.2, -0.15) is 5.10 Å². The predicted molar refractivity (Wildman–Crippen MR) is 38.7 cm³/mol. The van der Waals surface area contributed by atoms with Crippen molar-refractivity contribution in [2.75, 3.05) is 0 Å². The minimum atomic E-state index is 0.745. The second kappa shape index (κ2) is 2.73. The lowest BCUT2D eigenvalue weighted by Crippen LogP contribution is -2.00. The third-order valence-electron chi connectivity index (χ3n) is 1.40. The summed E-state index contributed by atoms with van der Waals surface area (Å²) in [7, 11) is 0. The van der Waals surface area contributed by atoms with E-state index in [2.05, 4.69) is 15.2 Å². The molecule has 0 aliphatic rings.